The van der Waals surface area contributed by atoms with E-state index in [1.54, 1.807) is 17.0 Å². The number of thioether (sulfide) groups is 1. The summed E-state index contributed by atoms with van der Waals surface area (Å²) in [6.07, 6.45) is 2.07. The normalized spacial score (nSPS) is 20.6. The van der Waals surface area contributed by atoms with Crippen LogP contribution in [-0.4, -0.2) is 33.2 Å². The SMILES string of the molecule is Cc1ccccc1NC(=O)C[C@H]1SC(=Nc2cccc(Cl)c2)N(C2CC2)C1=O. The number of aryl methyl sites for hydroxylation is 1. The summed E-state index contributed by atoms with van der Waals surface area (Å²) < 4.78 is 0. The molecule has 28 heavy (non-hydrogen) atoms. The standard InChI is InChI=1S/C21H20ClN3O2S/c1-13-5-2-3-8-17(13)24-19(26)12-18-20(27)25(16-9-10-16)21(28-18)23-15-7-4-6-14(22)11-15/h2-8,11,16,18H,9-10,12H2,1H3,(H,24,26)/t18-/m1/s1. The van der Waals surface area contributed by atoms with Crippen LogP contribution in [-0.2, 0) is 9.59 Å². The second-order valence-corrected chi connectivity index (χ2v) is 8.59. The van der Waals surface area contributed by atoms with Gasteiger partial charge in [0.25, 0.3) is 0 Å². The number of anilines is 1. The zero-order chi connectivity index (χ0) is 19.7. The Kier molecular flexibility index (Phi) is 5.42. The van der Waals surface area contributed by atoms with Crippen molar-refractivity contribution in [3.05, 3.63) is 59.1 Å². The molecular formula is C21H20ClN3O2S. The number of aliphatic imine (C=N–C) groups is 1. The van der Waals surface area contributed by atoms with Gasteiger partial charge in [-0.3, -0.25) is 14.5 Å². The molecular weight excluding hydrogens is 394 g/mol. The molecule has 0 bridgehead atoms. The third-order valence-electron chi connectivity index (χ3n) is 4.70. The van der Waals surface area contributed by atoms with Gasteiger partial charge in [-0.2, -0.15) is 0 Å². The van der Waals surface area contributed by atoms with E-state index in [4.69, 9.17) is 11.6 Å². The van der Waals surface area contributed by atoms with Gasteiger partial charge in [0.1, 0.15) is 5.25 Å². The van der Waals surface area contributed by atoms with Crippen LogP contribution in [0.1, 0.15) is 24.8 Å². The smallest absolute Gasteiger partial charge is 0.242 e. The Morgan fingerprint density at radius 1 is 1.25 bits per heavy atom. The number of rotatable bonds is 5. The molecule has 2 aromatic carbocycles. The van der Waals surface area contributed by atoms with Gasteiger partial charge in [0, 0.05) is 23.2 Å². The van der Waals surface area contributed by atoms with Crippen molar-refractivity contribution in [3.63, 3.8) is 0 Å². The number of para-hydroxylation sites is 1. The van der Waals surface area contributed by atoms with Crippen molar-refractivity contribution in [3.8, 4) is 0 Å². The second kappa shape index (κ2) is 7.97. The number of hydrogen-bond donors (Lipinski definition) is 1. The predicted molar refractivity (Wildman–Crippen MR) is 114 cm³/mol. The van der Waals surface area contributed by atoms with Gasteiger partial charge >= 0.3 is 0 Å². The van der Waals surface area contributed by atoms with E-state index in [-0.39, 0.29) is 24.3 Å². The fraction of sp³-hybridized carbons (Fsp3) is 0.286. The molecule has 1 N–H and O–H groups in total. The third-order valence-corrected chi connectivity index (χ3v) is 6.09. The average Bonchev–Trinajstić information content (AvgIpc) is 3.43. The second-order valence-electron chi connectivity index (χ2n) is 6.99. The summed E-state index contributed by atoms with van der Waals surface area (Å²) in [5, 5.41) is 3.71. The number of benzene rings is 2. The van der Waals surface area contributed by atoms with Crippen LogP contribution in [0, 0.1) is 6.92 Å². The van der Waals surface area contributed by atoms with Gasteiger partial charge in [0.2, 0.25) is 11.8 Å². The highest BCUT2D eigenvalue weighted by Crippen LogP contribution is 2.39. The molecule has 1 heterocycles. The highest BCUT2D eigenvalue weighted by molar-refractivity contribution is 8.15. The van der Waals surface area contributed by atoms with E-state index >= 15 is 0 Å². The van der Waals surface area contributed by atoms with Gasteiger partial charge in [0.05, 0.1) is 5.69 Å². The molecule has 144 valence electrons. The lowest BCUT2D eigenvalue weighted by Crippen LogP contribution is -2.35. The number of carbonyl (C=O) groups is 2. The predicted octanol–water partition coefficient (Wildman–Crippen LogP) is 4.77. The Morgan fingerprint density at radius 3 is 2.75 bits per heavy atom. The minimum atomic E-state index is -0.456. The molecule has 4 rings (SSSR count). The first-order valence-electron chi connectivity index (χ1n) is 9.21. The molecule has 0 unspecified atom stereocenters. The average molecular weight is 414 g/mol. The summed E-state index contributed by atoms with van der Waals surface area (Å²) in [7, 11) is 0. The number of amides is 2. The molecule has 0 radical (unpaired) electrons. The maximum Gasteiger partial charge on any atom is 0.242 e. The van der Waals surface area contributed by atoms with Gasteiger partial charge in [-0.1, -0.05) is 47.6 Å². The molecule has 1 atom stereocenters. The van der Waals surface area contributed by atoms with Crippen molar-refractivity contribution in [2.24, 2.45) is 4.99 Å². The first kappa shape index (κ1) is 19.0. The molecule has 2 aliphatic rings. The van der Waals surface area contributed by atoms with Crippen LogP contribution in [0.5, 0.6) is 0 Å². The van der Waals surface area contributed by atoms with Crippen molar-refractivity contribution in [2.75, 3.05) is 5.32 Å². The molecule has 2 amide bonds. The molecule has 7 heteroatoms. The van der Waals surface area contributed by atoms with Gasteiger partial charge in [-0.05, 0) is 49.6 Å². The lowest BCUT2D eigenvalue weighted by Gasteiger charge is -2.15. The lowest BCUT2D eigenvalue weighted by atomic mass is 10.2. The molecule has 2 aromatic rings. The molecule has 1 aliphatic carbocycles. The number of amidine groups is 1. The largest absolute Gasteiger partial charge is 0.326 e. The number of carbonyl (C=O) groups excluding carboxylic acids is 2. The van der Waals surface area contributed by atoms with Crippen LogP contribution >= 0.6 is 23.4 Å². The minimum Gasteiger partial charge on any atom is -0.326 e. The van der Waals surface area contributed by atoms with Gasteiger partial charge < -0.3 is 5.32 Å². The van der Waals surface area contributed by atoms with E-state index in [0.29, 0.717) is 15.9 Å². The van der Waals surface area contributed by atoms with Crippen LogP contribution in [0.3, 0.4) is 0 Å². The number of nitrogens with zero attached hydrogens (tertiary/aromatic N) is 2. The van der Waals surface area contributed by atoms with Crippen molar-refractivity contribution in [1.82, 2.24) is 4.90 Å². The topological polar surface area (TPSA) is 61.8 Å². The summed E-state index contributed by atoms with van der Waals surface area (Å²) in [6.45, 7) is 1.94. The van der Waals surface area contributed by atoms with E-state index in [1.165, 1.54) is 11.8 Å². The molecule has 2 fully saturated rings. The molecule has 1 aliphatic heterocycles. The van der Waals surface area contributed by atoms with Crippen molar-refractivity contribution < 1.29 is 9.59 Å². The molecule has 1 saturated heterocycles. The molecule has 0 spiro atoms. The zero-order valence-electron chi connectivity index (χ0n) is 15.4. The van der Waals surface area contributed by atoms with E-state index in [2.05, 4.69) is 10.3 Å². The maximum absolute atomic E-state index is 12.9. The van der Waals surface area contributed by atoms with E-state index in [0.717, 1.165) is 24.1 Å². The third kappa shape index (κ3) is 4.23. The van der Waals surface area contributed by atoms with E-state index in [1.807, 2.05) is 43.3 Å². The van der Waals surface area contributed by atoms with Crippen molar-refractivity contribution in [1.29, 1.82) is 0 Å². The van der Waals surface area contributed by atoms with Gasteiger partial charge in [0.15, 0.2) is 5.17 Å². The van der Waals surface area contributed by atoms with Gasteiger partial charge in [-0.15, -0.1) is 0 Å². The van der Waals surface area contributed by atoms with Crippen LogP contribution in [0.4, 0.5) is 11.4 Å². The first-order valence-corrected chi connectivity index (χ1v) is 10.5. The van der Waals surface area contributed by atoms with E-state index < -0.39 is 5.25 Å². The Bertz CT molecular complexity index is 958. The fourth-order valence-corrected chi connectivity index (χ4v) is 4.50. The number of hydrogen-bond acceptors (Lipinski definition) is 4. The summed E-state index contributed by atoms with van der Waals surface area (Å²) in [5.74, 6) is -0.201. The van der Waals surface area contributed by atoms with Crippen LogP contribution in [0.2, 0.25) is 5.02 Å². The van der Waals surface area contributed by atoms with Crippen molar-refractivity contribution >= 4 is 51.7 Å². The van der Waals surface area contributed by atoms with Crippen LogP contribution in [0.25, 0.3) is 0 Å². The van der Waals surface area contributed by atoms with Crippen LogP contribution in [0.15, 0.2) is 53.5 Å². The molecule has 5 nitrogen and oxygen atoms in total. The summed E-state index contributed by atoms with van der Waals surface area (Å²) in [6, 6.07) is 15.0. The Labute approximate surface area is 173 Å². The summed E-state index contributed by atoms with van der Waals surface area (Å²) in [5.41, 5.74) is 2.47. The van der Waals surface area contributed by atoms with Gasteiger partial charge in [-0.25, -0.2) is 4.99 Å². The maximum atomic E-state index is 12.9. The van der Waals surface area contributed by atoms with E-state index in [9.17, 15) is 9.59 Å². The lowest BCUT2D eigenvalue weighted by molar-refractivity contribution is -0.128. The Balaban J connectivity index is 1.50. The summed E-state index contributed by atoms with van der Waals surface area (Å²) >= 11 is 7.41. The Hall–Kier alpha value is -2.31. The highest BCUT2D eigenvalue weighted by atomic mass is 35.5. The van der Waals surface area contributed by atoms with Crippen molar-refractivity contribution in [2.45, 2.75) is 37.5 Å². The first-order chi connectivity index (χ1) is 13.5. The van der Waals surface area contributed by atoms with Crippen LogP contribution < -0.4 is 5.32 Å². The molecule has 1 saturated carbocycles. The zero-order valence-corrected chi connectivity index (χ0v) is 17.0. The molecule has 0 aromatic heterocycles. The Morgan fingerprint density at radius 2 is 2.04 bits per heavy atom. The summed E-state index contributed by atoms with van der Waals surface area (Å²) in [4.78, 5) is 31.8. The quantitative estimate of drug-likeness (QED) is 0.767. The fourth-order valence-electron chi connectivity index (χ4n) is 3.10. The number of halogens is 1. The minimum absolute atomic E-state index is 0.0341. The highest BCUT2D eigenvalue weighted by Gasteiger charge is 2.46. The monoisotopic (exact) mass is 413 g/mol. The number of nitrogens with one attached hydrogen (secondary N) is 1.